The van der Waals surface area contributed by atoms with Gasteiger partial charge in [-0.15, -0.1) is 0 Å². The van der Waals surface area contributed by atoms with E-state index in [0.29, 0.717) is 18.7 Å². The number of benzene rings is 2. The van der Waals surface area contributed by atoms with Crippen LogP contribution < -0.4 is 10.1 Å². The number of hydrogen-bond donors (Lipinski definition) is 1. The molecule has 0 unspecified atom stereocenters. The second-order valence-corrected chi connectivity index (χ2v) is 7.43. The summed E-state index contributed by atoms with van der Waals surface area (Å²) < 4.78 is 5.73. The van der Waals surface area contributed by atoms with Gasteiger partial charge in [-0.25, -0.2) is 0 Å². The number of likely N-dealkylation sites (tertiary alicyclic amines) is 1. The van der Waals surface area contributed by atoms with E-state index in [-0.39, 0.29) is 24.5 Å². The third kappa shape index (κ3) is 4.71. The molecule has 1 N–H and O–H groups in total. The van der Waals surface area contributed by atoms with Crippen LogP contribution in [0.15, 0.2) is 42.5 Å². The molecule has 0 bridgehead atoms. The highest BCUT2D eigenvalue weighted by molar-refractivity contribution is 5.95. The minimum absolute atomic E-state index is 0.00964. The molecule has 28 heavy (non-hydrogen) atoms. The lowest BCUT2D eigenvalue weighted by molar-refractivity contribution is -0.134. The predicted octanol–water partition coefficient (Wildman–Crippen LogP) is 3.41. The van der Waals surface area contributed by atoms with Gasteiger partial charge in [0.25, 0.3) is 11.8 Å². The first-order chi connectivity index (χ1) is 13.5. The molecule has 0 aromatic heterocycles. The van der Waals surface area contributed by atoms with Gasteiger partial charge in [0.2, 0.25) is 0 Å². The number of piperidine rings is 1. The third-order valence-corrected chi connectivity index (χ3v) is 5.48. The molecule has 0 aliphatic carbocycles. The van der Waals surface area contributed by atoms with Crippen LogP contribution in [0.3, 0.4) is 0 Å². The van der Waals surface area contributed by atoms with Crippen molar-refractivity contribution < 1.29 is 14.3 Å². The van der Waals surface area contributed by atoms with Crippen LogP contribution in [0.5, 0.6) is 5.75 Å². The zero-order valence-corrected chi connectivity index (χ0v) is 16.8. The predicted molar refractivity (Wildman–Crippen MR) is 110 cm³/mol. The molecular weight excluding hydrogens is 352 g/mol. The molecule has 2 aromatic carbocycles. The fraction of sp³-hybridized carbons (Fsp3) is 0.391. The number of amides is 2. The standard InChI is InChI=1S/C23H28N2O3/c1-16-8-6-10-21(18(16)3)28-15-22(26)25-13-11-19(12-14-25)24-23(27)20-9-5-4-7-17(20)2/h4-10,19H,11-15H2,1-3H3,(H,24,27). The highest BCUT2D eigenvalue weighted by Crippen LogP contribution is 2.21. The molecule has 0 radical (unpaired) electrons. The van der Waals surface area contributed by atoms with Gasteiger partial charge in [-0.2, -0.15) is 0 Å². The van der Waals surface area contributed by atoms with Crippen LogP contribution in [-0.2, 0) is 4.79 Å². The molecule has 2 aromatic rings. The first kappa shape index (κ1) is 19.9. The molecule has 1 heterocycles. The van der Waals surface area contributed by atoms with E-state index in [1.165, 1.54) is 0 Å². The van der Waals surface area contributed by atoms with E-state index >= 15 is 0 Å². The largest absolute Gasteiger partial charge is 0.483 e. The molecule has 1 aliphatic heterocycles. The summed E-state index contributed by atoms with van der Waals surface area (Å²) >= 11 is 0. The van der Waals surface area contributed by atoms with Crippen LogP contribution in [0.2, 0.25) is 0 Å². The topological polar surface area (TPSA) is 58.6 Å². The van der Waals surface area contributed by atoms with Crippen molar-refractivity contribution in [2.75, 3.05) is 19.7 Å². The molecule has 2 amide bonds. The van der Waals surface area contributed by atoms with Crippen LogP contribution in [0.4, 0.5) is 0 Å². The molecule has 148 valence electrons. The number of hydrogen-bond acceptors (Lipinski definition) is 3. The van der Waals surface area contributed by atoms with Crippen molar-refractivity contribution in [3.63, 3.8) is 0 Å². The Bertz CT molecular complexity index is 855. The summed E-state index contributed by atoms with van der Waals surface area (Å²) in [5.74, 6) is 0.708. The highest BCUT2D eigenvalue weighted by Gasteiger charge is 2.24. The number of aryl methyl sites for hydroxylation is 2. The number of nitrogens with one attached hydrogen (secondary N) is 1. The number of nitrogens with zero attached hydrogens (tertiary/aromatic N) is 1. The minimum atomic E-state index is -0.0406. The van der Waals surface area contributed by atoms with Crippen molar-refractivity contribution in [1.82, 2.24) is 10.2 Å². The number of ether oxygens (including phenoxy) is 1. The number of rotatable bonds is 5. The Morgan fingerprint density at radius 2 is 1.68 bits per heavy atom. The molecule has 0 saturated carbocycles. The monoisotopic (exact) mass is 380 g/mol. The fourth-order valence-electron chi connectivity index (χ4n) is 3.48. The molecule has 5 heteroatoms. The zero-order valence-electron chi connectivity index (χ0n) is 16.8. The van der Waals surface area contributed by atoms with E-state index < -0.39 is 0 Å². The van der Waals surface area contributed by atoms with Crippen molar-refractivity contribution in [1.29, 1.82) is 0 Å². The van der Waals surface area contributed by atoms with Crippen molar-refractivity contribution in [3.8, 4) is 5.75 Å². The summed E-state index contributed by atoms with van der Waals surface area (Å²) in [6, 6.07) is 13.5. The molecule has 1 saturated heterocycles. The lowest BCUT2D eigenvalue weighted by Crippen LogP contribution is -2.47. The molecule has 1 aliphatic rings. The Kier molecular flexibility index (Phi) is 6.34. The van der Waals surface area contributed by atoms with Gasteiger partial charge in [-0.1, -0.05) is 30.3 Å². The SMILES string of the molecule is Cc1ccccc1C(=O)NC1CCN(C(=O)COc2cccc(C)c2C)CC1. The van der Waals surface area contributed by atoms with Crippen molar-refractivity contribution in [3.05, 3.63) is 64.7 Å². The summed E-state index contributed by atoms with van der Waals surface area (Å²) in [5.41, 5.74) is 3.89. The Morgan fingerprint density at radius 3 is 2.39 bits per heavy atom. The third-order valence-electron chi connectivity index (χ3n) is 5.48. The van der Waals surface area contributed by atoms with E-state index in [4.69, 9.17) is 4.74 Å². The van der Waals surface area contributed by atoms with Gasteiger partial charge in [-0.3, -0.25) is 9.59 Å². The van der Waals surface area contributed by atoms with Crippen LogP contribution >= 0.6 is 0 Å². The van der Waals surface area contributed by atoms with Crippen molar-refractivity contribution >= 4 is 11.8 Å². The summed E-state index contributed by atoms with van der Waals surface area (Å²) in [6.45, 7) is 7.27. The van der Waals surface area contributed by atoms with Gasteiger partial charge in [0, 0.05) is 24.7 Å². The number of carbonyl (C=O) groups is 2. The van der Waals surface area contributed by atoms with Crippen molar-refractivity contribution in [2.24, 2.45) is 0 Å². The molecule has 0 atom stereocenters. The fourth-order valence-corrected chi connectivity index (χ4v) is 3.48. The Balaban J connectivity index is 1.47. The summed E-state index contributed by atoms with van der Waals surface area (Å²) in [7, 11) is 0. The van der Waals surface area contributed by atoms with Crippen molar-refractivity contribution in [2.45, 2.75) is 39.7 Å². The van der Waals surface area contributed by atoms with Gasteiger partial charge in [-0.05, 0) is 62.4 Å². The second kappa shape index (κ2) is 8.91. The van der Waals surface area contributed by atoms with E-state index in [9.17, 15) is 9.59 Å². The Hall–Kier alpha value is -2.82. The van der Waals surface area contributed by atoms with Gasteiger partial charge in [0.05, 0.1) is 0 Å². The number of carbonyl (C=O) groups excluding carboxylic acids is 2. The first-order valence-electron chi connectivity index (χ1n) is 9.79. The van der Waals surface area contributed by atoms with E-state index in [2.05, 4.69) is 5.32 Å². The molecule has 0 spiro atoms. The molecule has 3 rings (SSSR count). The summed E-state index contributed by atoms with van der Waals surface area (Å²) in [5, 5.41) is 3.10. The van der Waals surface area contributed by atoms with Gasteiger partial charge in [0.1, 0.15) is 5.75 Å². The van der Waals surface area contributed by atoms with E-state index in [1.807, 2.05) is 68.1 Å². The quantitative estimate of drug-likeness (QED) is 0.865. The van der Waals surface area contributed by atoms with E-state index in [0.717, 1.165) is 35.3 Å². The molecule has 1 fully saturated rings. The van der Waals surface area contributed by atoms with Crippen LogP contribution in [0.1, 0.15) is 39.9 Å². The summed E-state index contributed by atoms with van der Waals surface area (Å²) in [4.78, 5) is 26.8. The average Bonchev–Trinajstić information content (AvgIpc) is 2.69. The van der Waals surface area contributed by atoms with Gasteiger partial charge >= 0.3 is 0 Å². The average molecular weight is 380 g/mol. The second-order valence-electron chi connectivity index (χ2n) is 7.43. The van der Waals surface area contributed by atoms with Crippen LogP contribution in [-0.4, -0.2) is 42.5 Å². The molecule has 5 nitrogen and oxygen atoms in total. The summed E-state index contributed by atoms with van der Waals surface area (Å²) in [6.07, 6.45) is 1.51. The maximum Gasteiger partial charge on any atom is 0.260 e. The zero-order chi connectivity index (χ0) is 20.1. The van der Waals surface area contributed by atoms with Crippen LogP contribution in [0.25, 0.3) is 0 Å². The highest BCUT2D eigenvalue weighted by atomic mass is 16.5. The lowest BCUT2D eigenvalue weighted by Gasteiger charge is -2.32. The van der Waals surface area contributed by atoms with E-state index in [1.54, 1.807) is 0 Å². The first-order valence-corrected chi connectivity index (χ1v) is 9.79. The minimum Gasteiger partial charge on any atom is -0.483 e. The Labute approximate surface area is 166 Å². The lowest BCUT2D eigenvalue weighted by atomic mass is 10.0. The van der Waals surface area contributed by atoms with Crippen LogP contribution in [0, 0.1) is 20.8 Å². The maximum absolute atomic E-state index is 12.5. The Morgan fingerprint density at radius 1 is 1.00 bits per heavy atom. The van der Waals surface area contributed by atoms with Gasteiger partial charge in [0.15, 0.2) is 6.61 Å². The normalized spacial score (nSPS) is 14.6. The smallest absolute Gasteiger partial charge is 0.260 e. The van der Waals surface area contributed by atoms with Gasteiger partial charge < -0.3 is 15.0 Å². The maximum atomic E-state index is 12.5. The molecular formula is C23H28N2O3.